The van der Waals surface area contributed by atoms with Crippen molar-refractivity contribution in [2.75, 3.05) is 13.1 Å². The molecule has 0 bridgehead atoms. The molecule has 1 aromatic carbocycles. The summed E-state index contributed by atoms with van der Waals surface area (Å²) in [5.41, 5.74) is 1.52. The lowest BCUT2D eigenvalue weighted by molar-refractivity contribution is 0.153. The summed E-state index contributed by atoms with van der Waals surface area (Å²) in [4.78, 5) is 2.70. The Morgan fingerprint density at radius 3 is 2.41 bits per heavy atom. The summed E-state index contributed by atoms with van der Waals surface area (Å²) in [7, 11) is 0. The van der Waals surface area contributed by atoms with Gasteiger partial charge in [0.05, 0.1) is 0 Å². The molecular weight excluding hydrogens is 206 g/mol. The Labute approximate surface area is 106 Å². The predicted molar refractivity (Wildman–Crippen MR) is 74.1 cm³/mol. The van der Waals surface area contributed by atoms with Gasteiger partial charge in [0.1, 0.15) is 0 Å². The van der Waals surface area contributed by atoms with E-state index >= 15 is 0 Å². The molecule has 0 amide bonds. The molecular formula is C16H25N. The van der Waals surface area contributed by atoms with Crippen molar-refractivity contribution in [3.8, 4) is 0 Å². The van der Waals surface area contributed by atoms with Gasteiger partial charge in [-0.2, -0.15) is 0 Å². The molecule has 0 radical (unpaired) electrons. The zero-order chi connectivity index (χ0) is 11.9. The van der Waals surface area contributed by atoms with Crippen molar-refractivity contribution in [1.82, 2.24) is 4.90 Å². The Balaban J connectivity index is 2.06. The van der Waals surface area contributed by atoms with Crippen LogP contribution in [0.15, 0.2) is 30.3 Å². The standard InChI is InChI=1S/C16H25N/c1-2-3-12-16(15-10-6-4-7-11-15)17-13-8-5-9-14-17/h4,6-7,10-11,16H,2-3,5,8-9,12-14H2,1H3/t16-/m1/s1. The molecule has 0 spiro atoms. The van der Waals surface area contributed by atoms with Crippen molar-refractivity contribution in [2.24, 2.45) is 0 Å². The smallest absolute Gasteiger partial charge is 0.0348 e. The fraction of sp³-hybridized carbons (Fsp3) is 0.625. The molecule has 0 unspecified atom stereocenters. The van der Waals surface area contributed by atoms with E-state index in [9.17, 15) is 0 Å². The number of nitrogens with zero attached hydrogens (tertiary/aromatic N) is 1. The number of hydrogen-bond donors (Lipinski definition) is 0. The van der Waals surface area contributed by atoms with E-state index in [2.05, 4.69) is 42.2 Å². The normalized spacial score (nSPS) is 19.1. The summed E-state index contributed by atoms with van der Waals surface area (Å²) in [6, 6.07) is 11.7. The molecule has 1 fully saturated rings. The second-order valence-corrected chi connectivity index (χ2v) is 5.17. The molecule has 1 atom stereocenters. The highest BCUT2D eigenvalue weighted by Crippen LogP contribution is 2.28. The number of hydrogen-bond acceptors (Lipinski definition) is 1. The molecule has 1 heteroatoms. The summed E-state index contributed by atoms with van der Waals surface area (Å²) in [5, 5.41) is 0. The molecule has 17 heavy (non-hydrogen) atoms. The van der Waals surface area contributed by atoms with Gasteiger partial charge in [-0.1, -0.05) is 56.5 Å². The van der Waals surface area contributed by atoms with Gasteiger partial charge in [0.15, 0.2) is 0 Å². The maximum Gasteiger partial charge on any atom is 0.0348 e. The molecule has 0 saturated carbocycles. The molecule has 1 saturated heterocycles. The molecule has 2 rings (SSSR count). The van der Waals surface area contributed by atoms with Gasteiger partial charge in [-0.05, 0) is 37.9 Å². The zero-order valence-corrected chi connectivity index (χ0v) is 11.1. The van der Waals surface area contributed by atoms with E-state index in [-0.39, 0.29) is 0 Å². The van der Waals surface area contributed by atoms with Gasteiger partial charge in [0.2, 0.25) is 0 Å². The number of likely N-dealkylation sites (tertiary alicyclic amines) is 1. The quantitative estimate of drug-likeness (QED) is 0.726. The zero-order valence-electron chi connectivity index (χ0n) is 11.1. The third kappa shape index (κ3) is 3.57. The van der Waals surface area contributed by atoms with Crippen molar-refractivity contribution in [3.05, 3.63) is 35.9 Å². The van der Waals surface area contributed by atoms with E-state index < -0.39 is 0 Å². The first-order chi connectivity index (χ1) is 8.42. The monoisotopic (exact) mass is 231 g/mol. The van der Waals surface area contributed by atoms with Crippen LogP contribution in [0.25, 0.3) is 0 Å². The van der Waals surface area contributed by atoms with E-state index in [0.717, 1.165) is 0 Å². The van der Waals surface area contributed by atoms with Crippen LogP contribution in [0.5, 0.6) is 0 Å². The van der Waals surface area contributed by atoms with Crippen LogP contribution in [0.3, 0.4) is 0 Å². The highest BCUT2D eigenvalue weighted by Gasteiger charge is 2.21. The van der Waals surface area contributed by atoms with Crippen molar-refractivity contribution in [1.29, 1.82) is 0 Å². The van der Waals surface area contributed by atoms with E-state index in [0.29, 0.717) is 6.04 Å². The lowest BCUT2D eigenvalue weighted by Gasteiger charge is -2.35. The third-order valence-electron chi connectivity index (χ3n) is 3.85. The van der Waals surface area contributed by atoms with Gasteiger partial charge in [-0.3, -0.25) is 4.90 Å². The van der Waals surface area contributed by atoms with Crippen LogP contribution in [0, 0.1) is 0 Å². The minimum Gasteiger partial charge on any atom is -0.296 e. The average molecular weight is 231 g/mol. The first-order valence-electron chi connectivity index (χ1n) is 7.21. The Hall–Kier alpha value is -0.820. The molecule has 0 aliphatic carbocycles. The van der Waals surface area contributed by atoms with Gasteiger partial charge in [-0.15, -0.1) is 0 Å². The molecule has 1 aliphatic rings. The second-order valence-electron chi connectivity index (χ2n) is 5.17. The topological polar surface area (TPSA) is 3.24 Å². The highest BCUT2D eigenvalue weighted by atomic mass is 15.2. The maximum atomic E-state index is 2.70. The lowest BCUT2D eigenvalue weighted by atomic mass is 9.97. The molecule has 1 aliphatic heterocycles. The number of piperidine rings is 1. The van der Waals surface area contributed by atoms with Crippen LogP contribution in [-0.4, -0.2) is 18.0 Å². The SMILES string of the molecule is CCCC[C@H](c1ccccc1)N1CCCCC1. The Bertz CT molecular complexity index is 301. The average Bonchev–Trinajstić information content (AvgIpc) is 2.42. The van der Waals surface area contributed by atoms with E-state index in [4.69, 9.17) is 0 Å². The number of unbranched alkanes of at least 4 members (excludes halogenated alkanes) is 1. The van der Waals surface area contributed by atoms with Crippen LogP contribution >= 0.6 is 0 Å². The van der Waals surface area contributed by atoms with Crippen molar-refractivity contribution >= 4 is 0 Å². The van der Waals surface area contributed by atoms with Gasteiger partial charge in [-0.25, -0.2) is 0 Å². The molecule has 1 aromatic rings. The minimum atomic E-state index is 0.663. The van der Waals surface area contributed by atoms with Crippen molar-refractivity contribution in [3.63, 3.8) is 0 Å². The van der Waals surface area contributed by atoms with Gasteiger partial charge in [0.25, 0.3) is 0 Å². The number of rotatable bonds is 5. The van der Waals surface area contributed by atoms with Gasteiger partial charge in [0, 0.05) is 6.04 Å². The minimum absolute atomic E-state index is 0.663. The second kappa shape index (κ2) is 6.80. The van der Waals surface area contributed by atoms with Gasteiger partial charge >= 0.3 is 0 Å². The molecule has 1 nitrogen and oxygen atoms in total. The maximum absolute atomic E-state index is 2.70. The van der Waals surface area contributed by atoms with E-state index in [1.54, 1.807) is 0 Å². The summed E-state index contributed by atoms with van der Waals surface area (Å²) in [6.07, 6.45) is 8.16. The highest BCUT2D eigenvalue weighted by molar-refractivity contribution is 5.19. The molecule has 0 N–H and O–H groups in total. The third-order valence-corrected chi connectivity index (χ3v) is 3.85. The Morgan fingerprint density at radius 1 is 1.06 bits per heavy atom. The predicted octanol–water partition coefficient (Wildman–Crippen LogP) is 4.40. The summed E-state index contributed by atoms with van der Waals surface area (Å²) in [6.45, 7) is 4.88. The van der Waals surface area contributed by atoms with Crippen LogP contribution in [-0.2, 0) is 0 Å². The summed E-state index contributed by atoms with van der Waals surface area (Å²) < 4.78 is 0. The fourth-order valence-electron chi connectivity index (χ4n) is 2.86. The Kier molecular flexibility index (Phi) is 5.06. The fourth-order valence-corrected chi connectivity index (χ4v) is 2.86. The summed E-state index contributed by atoms with van der Waals surface area (Å²) >= 11 is 0. The lowest BCUT2D eigenvalue weighted by Crippen LogP contribution is -2.33. The summed E-state index contributed by atoms with van der Waals surface area (Å²) in [5.74, 6) is 0. The first-order valence-corrected chi connectivity index (χ1v) is 7.21. The number of benzene rings is 1. The van der Waals surface area contributed by atoms with Crippen LogP contribution in [0.4, 0.5) is 0 Å². The Morgan fingerprint density at radius 2 is 1.76 bits per heavy atom. The largest absolute Gasteiger partial charge is 0.296 e. The van der Waals surface area contributed by atoms with Gasteiger partial charge < -0.3 is 0 Å². The van der Waals surface area contributed by atoms with Crippen molar-refractivity contribution < 1.29 is 0 Å². The van der Waals surface area contributed by atoms with E-state index in [1.807, 2.05) is 0 Å². The van der Waals surface area contributed by atoms with Crippen LogP contribution in [0.2, 0.25) is 0 Å². The molecule has 94 valence electrons. The van der Waals surface area contributed by atoms with Crippen LogP contribution < -0.4 is 0 Å². The molecule has 1 heterocycles. The first kappa shape index (κ1) is 12.6. The molecule has 0 aromatic heterocycles. The van der Waals surface area contributed by atoms with E-state index in [1.165, 1.54) is 57.2 Å². The van der Waals surface area contributed by atoms with Crippen LogP contribution in [0.1, 0.15) is 57.1 Å². The van der Waals surface area contributed by atoms with Crippen molar-refractivity contribution in [2.45, 2.75) is 51.5 Å².